The van der Waals surface area contributed by atoms with E-state index in [0.29, 0.717) is 25.3 Å². The van der Waals surface area contributed by atoms with Crippen LogP contribution in [-0.2, 0) is 4.74 Å². The normalized spacial score (nSPS) is 25.5. The molecule has 2 aliphatic heterocycles. The molecule has 2 aliphatic rings. The van der Waals surface area contributed by atoms with Crippen molar-refractivity contribution in [3.63, 3.8) is 0 Å². The lowest BCUT2D eigenvalue weighted by atomic mass is 9.98. The Bertz CT molecular complexity index is 770. The first-order valence-corrected chi connectivity index (χ1v) is 8.39. The second kappa shape index (κ2) is 6.44. The molecule has 0 bridgehead atoms. The number of aromatic nitrogens is 1. The van der Waals surface area contributed by atoms with E-state index in [4.69, 9.17) is 9.47 Å². The van der Waals surface area contributed by atoms with Crippen molar-refractivity contribution in [2.24, 2.45) is 0 Å². The first-order chi connectivity index (χ1) is 12.1. The van der Waals surface area contributed by atoms with Gasteiger partial charge in [-0.1, -0.05) is 6.07 Å². The van der Waals surface area contributed by atoms with E-state index >= 15 is 0 Å². The number of amides is 1. The van der Waals surface area contributed by atoms with Crippen LogP contribution in [0, 0.1) is 5.82 Å². The maximum absolute atomic E-state index is 13.4. The molecule has 1 spiro atoms. The second-order valence-electron chi connectivity index (χ2n) is 6.61. The van der Waals surface area contributed by atoms with Crippen molar-refractivity contribution in [1.82, 2.24) is 9.88 Å². The molecule has 2 fully saturated rings. The maximum atomic E-state index is 13.4. The van der Waals surface area contributed by atoms with Gasteiger partial charge in [-0.25, -0.2) is 4.39 Å². The van der Waals surface area contributed by atoms with E-state index in [2.05, 4.69) is 4.98 Å². The Kier molecular flexibility index (Phi) is 4.13. The van der Waals surface area contributed by atoms with Gasteiger partial charge in [0.25, 0.3) is 5.91 Å². The quantitative estimate of drug-likeness (QED) is 0.861. The van der Waals surface area contributed by atoms with Crippen molar-refractivity contribution in [2.45, 2.75) is 24.5 Å². The fourth-order valence-corrected chi connectivity index (χ4v) is 3.59. The fraction of sp³-hybridized carbons (Fsp3) is 0.368. The van der Waals surface area contributed by atoms with Gasteiger partial charge in [0.1, 0.15) is 17.7 Å². The fourth-order valence-electron chi connectivity index (χ4n) is 3.59. The number of hydrogen-bond acceptors (Lipinski definition) is 4. The summed E-state index contributed by atoms with van der Waals surface area (Å²) in [4.78, 5) is 18.4. The van der Waals surface area contributed by atoms with Crippen LogP contribution in [0.2, 0.25) is 0 Å². The largest absolute Gasteiger partial charge is 0.486 e. The van der Waals surface area contributed by atoms with Gasteiger partial charge >= 0.3 is 0 Å². The van der Waals surface area contributed by atoms with Gasteiger partial charge in [-0.05, 0) is 36.8 Å². The van der Waals surface area contributed by atoms with Crippen LogP contribution in [0.3, 0.4) is 0 Å². The van der Waals surface area contributed by atoms with Gasteiger partial charge in [0.2, 0.25) is 0 Å². The highest BCUT2D eigenvalue weighted by Gasteiger charge is 2.47. The second-order valence-corrected chi connectivity index (χ2v) is 6.61. The van der Waals surface area contributed by atoms with E-state index in [0.717, 1.165) is 18.6 Å². The number of carbonyl (C=O) groups is 1. The standard InChI is InChI=1S/C19H19FN2O3/c20-15-4-1-3-14(9-15)18(23)22-8-6-19(13-22)10-17(12-24-19)25-16-5-2-7-21-11-16/h1-5,7,9,11,17H,6,8,10,12-13H2/t17-,19+/m1/s1. The minimum Gasteiger partial charge on any atom is -0.486 e. The summed E-state index contributed by atoms with van der Waals surface area (Å²) in [5, 5.41) is 0. The van der Waals surface area contributed by atoms with Gasteiger partial charge in [-0.15, -0.1) is 0 Å². The van der Waals surface area contributed by atoms with Gasteiger partial charge in [0, 0.05) is 24.7 Å². The molecular weight excluding hydrogens is 323 g/mol. The smallest absolute Gasteiger partial charge is 0.254 e. The molecule has 0 aliphatic carbocycles. The van der Waals surface area contributed by atoms with Crippen LogP contribution in [0.15, 0.2) is 48.8 Å². The van der Waals surface area contributed by atoms with Gasteiger partial charge in [0.05, 0.1) is 24.9 Å². The lowest BCUT2D eigenvalue weighted by Crippen LogP contribution is -2.36. The van der Waals surface area contributed by atoms with Crippen LogP contribution in [0.5, 0.6) is 5.75 Å². The first-order valence-electron chi connectivity index (χ1n) is 8.39. The zero-order chi connectivity index (χ0) is 17.3. The van der Waals surface area contributed by atoms with Crippen molar-refractivity contribution >= 4 is 5.91 Å². The number of rotatable bonds is 3. The lowest BCUT2D eigenvalue weighted by Gasteiger charge is -2.23. The number of likely N-dealkylation sites (tertiary alicyclic amines) is 1. The Labute approximate surface area is 145 Å². The van der Waals surface area contributed by atoms with E-state index in [1.165, 1.54) is 12.1 Å². The van der Waals surface area contributed by atoms with Crippen molar-refractivity contribution in [2.75, 3.05) is 19.7 Å². The molecule has 0 unspecified atom stereocenters. The SMILES string of the molecule is O=C(c1cccc(F)c1)N1CC[C@]2(C[C@@H](Oc3cccnc3)CO2)C1. The molecule has 1 amide bonds. The van der Waals surface area contributed by atoms with Gasteiger partial charge in [-0.3, -0.25) is 9.78 Å². The minimum atomic E-state index is -0.401. The average molecular weight is 342 g/mol. The van der Waals surface area contributed by atoms with Gasteiger partial charge < -0.3 is 14.4 Å². The van der Waals surface area contributed by atoms with Crippen molar-refractivity contribution < 1.29 is 18.7 Å². The molecule has 1 aromatic carbocycles. The Hall–Kier alpha value is -2.47. The Morgan fingerprint density at radius 3 is 3.08 bits per heavy atom. The van der Waals surface area contributed by atoms with Crippen molar-refractivity contribution in [3.05, 3.63) is 60.2 Å². The van der Waals surface area contributed by atoms with E-state index in [-0.39, 0.29) is 17.6 Å². The summed E-state index contributed by atoms with van der Waals surface area (Å²) in [6.07, 6.45) is 4.83. The summed E-state index contributed by atoms with van der Waals surface area (Å²) >= 11 is 0. The number of hydrogen-bond donors (Lipinski definition) is 0. The third kappa shape index (κ3) is 3.35. The average Bonchev–Trinajstić information content (AvgIpc) is 3.22. The summed E-state index contributed by atoms with van der Waals surface area (Å²) in [5.41, 5.74) is 0.00812. The van der Waals surface area contributed by atoms with E-state index < -0.39 is 5.82 Å². The van der Waals surface area contributed by atoms with E-state index in [1.807, 2.05) is 12.1 Å². The van der Waals surface area contributed by atoms with Crippen LogP contribution in [0.25, 0.3) is 0 Å². The number of nitrogens with zero attached hydrogens (tertiary/aromatic N) is 2. The summed E-state index contributed by atoms with van der Waals surface area (Å²) in [7, 11) is 0. The van der Waals surface area contributed by atoms with Gasteiger partial charge in [-0.2, -0.15) is 0 Å². The lowest BCUT2D eigenvalue weighted by molar-refractivity contribution is 0.00994. The number of halogens is 1. The molecule has 3 heterocycles. The molecule has 6 heteroatoms. The highest BCUT2D eigenvalue weighted by atomic mass is 19.1. The molecule has 2 saturated heterocycles. The first kappa shape index (κ1) is 16.0. The molecule has 5 nitrogen and oxygen atoms in total. The highest BCUT2D eigenvalue weighted by Crippen LogP contribution is 2.37. The third-order valence-corrected chi connectivity index (χ3v) is 4.79. The van der Waals surface area contributed by atoms with Crippen LogP contribution in [0.1, 0.15) is 23.2 Å². The molecule has 1 aromatic heterocycles. The summed E-state index contributed by atoms with van der Waals surface area (Å²) in [6, 6.07) is 9.50. The zero-order valence-electron chi connectivity index (χ0n) is 13.7. The van der Waals surface area contributed by atoms with Crippen molar-refractivity contribution in [3.8, 4) is 5.75 Å². The number of carbonyl (C=O) groups excluding carboxylic acids is 1. The van der Waals surface area contributed by atoms with Crippen LogP contribution >= 0.6 is 0 Å². The number of ether oxygens (including phenoxy) is 2. The van der Waals surface area contributed by atoms with Crippen LogP contribution < -0.4 is 4.74 Å². The zero-order valence-corrected chi connectivity index (χ0v) is 13.7. The molecule has 0 saturated carbocycles. The summed E-state index contributed by atoms with van der Waals surface area (Å²) in [6.45, 7) is 1.61. The number of pyridine rings is 1. The Morgan fingerprint density at radius 1 is 1.36 bits per heavy atom. The molecule has 4 rings (SSSR count). The molecule has 2 aromatic rings. The predicted octanol–water partition coefficient (Wildman–Crippen LogP) is 2.67. The minimum absolute atomic E-state index is 0.0478. The molecule has 2 atom stereocenters. The summed E-state index contributed by atoms with van der Waals surface area (Å²) < 4.78 is 25.3. The predicted molar refractivity (Wildman–Crippen MR) is 88.9 cm³/mol. The highest BCUT2D eigenvalue weighted by molar-refractivity contribution is 5.94. The van der Waals surface area contributed by atoms with Crippen molar-refractivity contribution in [1.29, 1.82) is 0 Å². The molecule has 0 radical (unpaired) electrons. The Balaban J connectivity index is 1.39. The molecule has 25 heavy (non-hydrogen) atoms. The monoisotopic (exact) mass is 342 g/mol. The van der Waals surface area contributed by atoms with Crippen LogP contribution in [0.4, 0.5) is 4.39 Å². The summed E-state index contributed by atoms with van der Waals surface area (Å²) in [5.74, 6) is 0.164. The van der Waals surface area contributed by atoms with Crippen LogP contribution in [-0.4, -0.2) is 47.2 Å². The molecule has 130 valence electrons. The van der Waals surface area contributed by atoms with E-state index in [9.17, 15) is 9.18 Å². The maximum Gasteiger partial charge on any atom is 0.254 e. The number of benzene rings is 1. The Morgan fingerprint density at radius 2 is 2.28 bits per heavy atom. The molecular formula is C19H19FN2O3. The third-order valence-electron chi connectivity index (χ3n) is 4.79. The molecule has 0 N–H and O–H groups in total. The van der Waals surface area contributed by atoms with E-state index in [1.54, 1.807) is 29.4 Å². The topological polar surface area (TPSA) is 51.7 Å². The van der Waals surface area contributed by atoms with Gasteiger partial charge in [0.15, 0.2) is 0 Å².